The summed E-state index contributed by atoms with van der Waals surface area (Å²) in [5, 5.41) is 20.3. The molecule has 0 aliphatic rings. The minimum Gasteiger partial charge on any atom is -0.411 e. The van der Waals surface area contributed by atoms with Gasteiger partial charge in [0, 0.05) is 10.6 Å². The summed E-state index contributed by atoms with van der Waals surface area (Å²) < 4.78 is 0. The molecule has 0 fully saturated rings. The number of hydrogen-bond donors (Lipinski definition) is 1. The predicted octanol–water partition coefficient (Wildman–Crippen LogP) is 4.56. The quantitative estimate of drug-likeness (QED) is 0.373. The molecule has 0 heterocycles. The lowest BCUT2D eigenvalue weighted by atomic mass is 10.2. The monoisotopic (exact) mass is 259 g/mol. The number of azo groups is 1. The molecule has 0 saturated heterocycles. The van der Waals surface area contributed by atoms with E-state index in [-0.39, 0.29) is 0 Å². The Morgan fingerprint density at radius 3 is 2.50 bits per heavy atom. The highest BCUT2D eigenvalue weighted by molar-refractivity contribution is 6.31. The molecule has 0 unspecified atom stereocenters. The van der Waals surface area contributed by atoms with Gasteiger partial charge in [-0.05, 0) is 30.3 Å². The van der Waals surface area contributed by atoms with Crippen LogP contribution in [0.25, 0.3) is 0 Å². The third-order valence-corrected chi connectivity index (χ3v) is 2.45. The maximum atomic E-state index is 8.56. The van der Waals surface area contributed by atoms with Gasteiger partial charge in [-0.1, -0.05) is 35.0 Å². The van der Waals surface area contributed by atoms with Gasteiger partial charge in [0.15, 0.2) is 0 Å². The van der Waals surface area contributed by atoms with Gasteiger partial charge in [0.2, 0.25) is 0 Å². The van der Waals surface area contributed by atoms with Gasteiger partial charge >= 0.3 is 0 Å². The van der Waals surface area contributed by atoms with Crippen LogP contribution in [0.15, 0.2) is 63.9 Å². The van der Waals surface area contributed by atoms with Gasteiger partial charge < -0.3 is 5.21 Å². The second-order valence-corrected chi connectivity index (χ2v) is 3.92. The molecule has 0 radical (unpaired) electrons. The Morgan fingerprint density at radius 1 is 1.00 bits per heavy atom. The molecule has 5 heteroatoms. The SMILES string of the molecule is ON=Cc1ccc(Cl)cc1N=Nc1ccccc1. The molecule has 4 nitrogen and oxygen atoms in total. The minimum absolute atomic E-state index is 0.546. The average Bonchev–Trinajstić information content (AvgIpc) is 2.40. The van der Waals surface area contributed by atoms with Gasteiger partial charge in [-0.3, -0.25) is 0 Å². The highest BCUT2D eigenvalue weighted by Crippen LogP contribution is 2.24. The predicted molar refractivity (Wildman–Crippen MR) is 71.5 cm³/mol. The highest BCUT2D eigenvalue weighted by atomic mass is 35.5. The number of oxime groups is 1. The number of rotatable bonds is 3. The van der Waals surface area contributed by atoms with Crippen molar-refractivity contribution in [3.8, 4) is 0 Å². The van der Waals surface area contributed by atoms with Crippen molar-refractivity contribution < 1.29 is 5.21 Å². The van der Waals surface area contributed by atoms with E-state index in [1.165, 1.54) is 6.21 Å². The summed E-state index contributed by atoms with van der Waals surface area (Å²) in [6.45, 7) is 0. The lowest BCUT2D eigenvalue weighted by molar-refractivity contribution is 0.322. The molecule has 2 aromatic carbocycles. The molecule has 2 aromatic rings. The number of hydrogen-bond acceptors (Lipinski definition) is 4. The molecule has 0 saturated carbocycles. The molecular formula is C13H10ClN3O. The summed E-state index contributed by atoms with van der Waals surface area (Å²) in [5.74, 6) is 0. The van der Waals surface area contributed by atoms with E-state index in [1.807, 2.05) is 30.3 Å². The smallest absolute Gasteiger partial charge is 0.0960 e. The van der Waals surface area contributed by atoms with E-state index in [0.717, 1.165) is 5.69 Å². The molecule has 0 aliphatic heterocycles. The number of halogens is 1. The van der Waals surface area contributed by atoms with Crippen LogP contribution in [-0.4, -0.2) is 11.4 Å². The van der Waals surface area contributed by atoms with Gasteiger partial charge in [-0.2, -0.15) is 5.11 Å². The summed E-state index contributed by atoms with van der Waals surface area (Å²) in [6, 6.07) is 14.4. The van der Waals surface area contributed by atoms with Crippen molar-refractivity contribution in [1.29, 1.82) is 0 Å². The average molecular weight is 260 g/mol. The van der Waals surface area contributed by atoms with Crippen molar-refractivity contribution in [3.63, 3.8) is 0 Å². The van der Waals surface area contributed by atoms with Crippen LogP contribution in [0.1, 0.15) is 5.56 Å². The topological polar surface area (TPSA) is 57.3 Å². The lowest BCUT2D eigenvalue weighted by Gasteiger charge is -1.99. The molecule has 0 bridgehead atoms. The Kier molecular flexibility index (Phi) is 4.04. The molecule has 0 atom stereocenters. The van der Waals surface area contributed by atoms with Crippen LogP contribution in [0.3, 0.4) is 0 Å². The van der Waals surface area contributed by atoms with Crippen molar-refractivity contribution in [2.45, 2.75) is 0 Å². The zero-order valence-electron chi connectivity index (χ0n) is 9.36. The van der Waals surface area contributed by atoms with E-state index < -0.39 is 0 Å². The van der Waals surface area contributed by atoms with E-state index in [9.17, 15) is 0 Å². The Bertz CT molecular complexity index is 582. The first kappa shape index (κ1) is 12.3. The van der Waals surface area contributed by atoms with Crippen LogP contribution < -0.4 is 0 Å². The van der Waals surface area contributed by atoms with Gasteiger partial charge in [-0.15, -0.1) is 5.11 Å². The summed E-state index contributed by atoms with van der Waals surface area (Å²) in [5.41, 5.74) is 1.93. The van der Waals surface area contributed by atoms with Crippen LogP contribution in [0.4, 0.5) is 11.4 Å². The van der Waals surface area contributed by atoms with Gasteiger partial charge in [0.25, 0.3) is 0 Å². The zero-order valence-corrected chi connectivity index (χ0v) is 10.1. The standard InChI is InChI=1S/C13H10ClN3O/c14-11-7-6-10(9-15-18)13(8-11)17-16-12-4-2-1-3-5-12/h1-9,18H. The minimum atomic E-state index is 0.546. The van der Waals surface area contributed by atoms with E-state index in [0.29, 0.717) is 16.3 Å². The second-order valence-electron chi connectivity index (χ2n) is 3.48. The van der Waals surface area contributed by atoms with Crippen LogP contribution in [0.2, 0.25) is 5.02 Å². The summed E-state index contributed by atoms with van der Waals surface area (Å²) >= 11 is 5.89. The molecule has 0 amide bonds. The van der Waals surface area contributed by atoms with Crippen molar-refractivity contribution >= 4 is 29.2 Å². The fourth-order valence-corrected chi connectivity index (χ4v) is 1.55. The maximum absolute atomic E-state index is 8.56. The fraction of sp³-hybridized carbons (Fsp3) is 0. The fourth-order valence-electron chi connectivity index (χ4n) is 1.38. The molecule has 0 aliphatic carbocycles. The second kappa shape index (κ2) is 5.93. The summed E-state index contributed by atoms with van der Waals surface area (Å²) in [7, 11) is 0. The lowest BCUT2D eigenvalue weighted by Crippen LogP contribution is -1.81. The molecule has 0 spiro atoms. The molecular weight excluding hydrogens is 250 g/mol. The third kappa shape index (κ3) is 3.15. The summed E-state index contributed by atoms with van der Waals surface area (Å²) in [4.78, 5) is 0. The first-order valence-electron chi connectivity index (χ1n) is 5.23. The van der Waals surface area contributed by atoms with Crippen molar-refractivity contribution in [1.82, 2.24) is 0 Å². The first-order valence-corrected chi connectivity index (χ1v) is 5.61. The van der Waals surface area contributed by atoms with Crippen LogP contribution in [0.5, 0.6) is 0 Å². The molecule has 1 N–H and O–H groups in total. The van der Waals surface area contributed by atoms with E-state index in [4.69, 9.17) is 16.8 Å². The van der Waals surface area contributed by atoms with Crippen LogP contribution in [-0.2, 0) is 0 Å². The van der Waals surface area contributed by atoms with Crippen LogP contribution >= 0.6 is 11.6 Å². The third-order valence-electron chi connectivity index (χ3n) is 2.22. The van der Waals surface area contributed by atoms with Crippen molar-refractivity contribution in [2.24, 2.45) is 15.4 Å². The van der Waals surface area contributed by atoms with Gasteiger partial charge in [0.1, 0.15) is 0 Å². The molecule has 2 rings (SSSR count). The largest absolute Gasteiger partial charge is 0.411 e. The maximum Gasteiger partial charge on any atom is 0.0960 e. The Balaban J connectivity index is 2.33. The zero-order chi connectivity index (χ0) is 12.8. The molecule has 0 aromatic heterocycles. The van der Waals surface area contributed by atoms with Gasteiger partial charge in [-0.25, -0.2) is 0 Å². The van der Waals surface area contributed by atoms with E-state index in [1.54, 1.807) is 18.2 Å². The number of nitrogens with zero attached hydrogens (tertiary/aromatic N) is 3. The van der Waals surface area contributed by atoms with Gasteiger partial charge in [0.05, 0.1) is 17.6 Å². The molecule has 90 valence electrons. The van der Waals surface area contributed by atoms with Crippen molar-refractivity contribution in [3.05, 3.63) is 59.1 Å². The Labute approximate surface area is 109 Å². The summed E-state index contributed by atoms with van der Waals surface area (Å²) in [6.07, 6.45) is 1.29. The van der Waals surface area contributed by atoms with Crippen molar-refractivity contribution in [2.75, 3.05) is 0 Å². The Morgan fingerprint density at radius 2 is 1.78 bits per heavy atom. The van der Waals surface area contributed by atoms with Crippen LogP contribution in [0, 0.1) is 0 Å². The van der Waals surface area contributed by atoms with E-state index >= 15 is 0 Å². The highest BCUT2D eigenvalue weighted by Gasteiger charge is 2.00. The molecule has 18 heavy (non-hydrogen) atoms. The Hall–Kier alpha value is -2.20. The van der Waals surface area contributed by atoms with E-state index in [2.05, 4.69) is 15.4 Å². The first-order chi connectivity index (χ1) is 8.79. The normalized spacial score (nSPS) is 11.4. The number of benzene rings is 2.